The molecule has 5 heterocycles. The number of H-pyrrole nitrogens is 2. The number of hydrogen-bond donors (Lipinski definition) is 3. The first-order valence-electron chi connectivity index (χ1n) is 12.9. The molecular formula is C29H29N7. The molecule has 3 N–H and O–H groups in total. The van der Waals surface area contributed by atoms with E-state index in [0.29, 0.717) is 5.92 Å². The fourth-order valence-electron chi connectivity index (χ4n) is 5.32. The second-order valence-electron chi connectivity index (χ2n) is 10.0. The van der Waals surface area contributed by atoms with Crippen molar-refractivity contribution in [3.8, 4) is 22.6 Å². The van der Waals surface area contributed by atoms with E-state index in [4.69, 9.17) is 4.98 Å². The van der Waals surface area contributed by atoms with Crippen LogP contribution < -0.4 is 10.2 Å². The molecule has 5 aromatic rings. The second-order valence-corrected chi connectivity index (χ2v) is 10.0. The van der Waals surface area contributed by atoms with E-state index in [1.54, 1.807) is 0 Å². The van der Waals surface area contributed by atoms with Crippen LogP contribution in [0.5, 0.6) is 0 Å². The molecular weight excluding hydrogens is 446 g/mol. The highest BCUT2D eigenvalue weighted by Gasteiger charge is 2.24. The van der Waals surface area contributed by atoms with Crippen LogP contribution in [0.3, 0.4) is 0 Å². The number of nitrogens with one attached hydrogen (secondary N) is 3. The molecule has 2 aliphatic rings. The van der Waals surface area contributed by atoms with E-state index in [1.807, 2.05) is 18.6 Å². The molecule has 7 heteroatoms. The predicted octanol–water partition coefficient (Wildman–Crippen LogP) is 6.49. The third-order valence-electron chi connectivity index (χ3n) is 7.45. The number of nitrogens with zero attached hydrogens (tertiary/aromatic N) is 4. The lowest BCUT2D eigenvalue weighted by molar-refractivity contribution is 0.579. The number of piperidine rings is 1. The molecule has 0 radical (unpaired) electrons. The highest BCUT2D eigenvalue weighted by Crippen LogP contribution is 2.37. The molecule has 1 saturated heterocycles. The van der Waals surface area contributed by atoms with Gasteiger partial charge in [-0.2, -0.15) is 5.10 Å². The maximum absolute atomic E-state index is 4.69. The number of fused-ring (bicyclic) bond motifs is 2. The summed E-state index contributed by atoms with van der Waals surface area (Å²) in [7, 11) is 0. The summed E-state index contributed by atoms with van der Waals surface area (Å²) in [4.78, 5) is 15.3. The van der Waals surface area contributed by atoms with Crippen molar-refractivity contribution in [3.63, 3.8) is 0 Å². The summed E-state index contributed by atoms with van der Waals surface area (Å²) in [6, 6.07) is 13.0. The molecule has 0 amide bonds. The molecule has 0 spiro atoms. The smallest absolute Gasteiger partial charge is 0.116 e. The van der Waals surface area contributed by atoms with Crippen molar-refractivity contribution < 1.29 is 0 Å². The molecule has 0 bridgehead atoms. The number of allylic oxidation sites excluding steroid dienone is 1. The zero-order valence-corrected chi connectivity index (χ0v) is 20.2. The first kappa shape index (κ1) is 21.2. The topological polar surface area (TPSA) is 85.5 Å². The molecule has 1 saturated carbocycles. The van der Waals surface area contributed by atoms with Crippen LogP contribution in [-0.4, -0.2) is 38.2 Å². The summed E-state index contributed by atoms with van der Waals surface area (Å²) in [5, 5.41) is 13.5. The Bertz CT molecular complexity index is 1580. The second kappa shape index (κ2) is 8.52. The van der Waals surface area contributed by atoms with Gasteiger partial charge >= 0.3 is 0 Å². The van der Waals surface area contributed by atoms with Crippen LogP contribution in [0.2, 0.25) is 0 Å². The molecule has 1 aliphatic carbocycles. The van der Waals surface area contributed by atoms with Crippen molar-refractivity contribution in [1.82, 2.24) is 25.1 Å². The summed E-state index contributed by atoms with van der Waals surface area (Å²) in [6.45, 7) is 6.42. The number of anilines is 2. The Labute approximate surface area is 209 Å². The molecule has 7 rings (SSSR count). The number of benzene rings is 1. The van der Waals surface area contributed by atoms with Gasteiger partial charge in [-0.05, 0) is 68.4 Å². The Morgan fingerprint density at radius 1 is 0.972 bits per heavy atom. The number of pyridine rings is 2. The van der Waals surface area contributed by atoms with Crippen molar-refractivity contribution in [2.24, 2.45) is 5.92 Å². The van der Waals surface area contributed by atoms with E-state index in [9.17, 15) is 0 Å². The molecule has 2 fully saturated rings. The number of hydrogen-bond acceptors (Lipinski definition) is 5. The van der Waals surface area contributed by atoms with Crippen LogP contribution in [0.25, 0.3) is 44.5 Å². The monoisotopic (exact) mass is 475 g/mol. The molecule has 36 heavy (non-hydrogen) atoms. The van der Waals surface area contributed by atoms with Gasteiger partial charge in [-0.1, -0.05) is 12.6 Å². The van der Waals surface area contributed by atoms with Crippen molar-refractivity contribution in [2.75, 3.05) is 23.3 Å². The van der Waals surface area contributed by atoms with E-state index < -0.39 is 0 Å². The number of rotatable bonds is 6. The van der Waals surface area contributed by atoms with Crippen LogP contribution in [0.15, 0.2) is 67.3 Å². The minimum Gasteiger partial charge on any atom is -0.371 e. The quantitative estimate of drug-likeness (QED) is 0.261. The highest BCUT2D eigenvalue weighted by atomic mass is 15.1. The standard InChI is InChI=1S/C29H29N7/c1-18(19-8-9-19)32-21-12-20(15-30-16-21)25-14-23-27(17-31-25)34-35-29(23)26-13-22-24(33-26)6-5-7-28(22)36-10-3-2-4-11-36/h5-7,12-17,19,32-33H,1-4,8-11H2,(H,34,35). The lowest BCUT2D eigenvalue weighted by atomic mass is 10.1. The van der Waals surface area contributed by atoms with Gasteiger partial charge in [0.05, 0.1) is 35.0 Å². The molecule has 0 unspecified atom stereocenters. The zero-order valence-electron chi connectivity index (χ0n) is 20.2. The average molecular weight is 476 g/mol. The van der Waals surface area contributed by atoms with E-state index in [0.717, 1.165) is 63.5 Å². The molecule has 4 aromatic heterocycles. The lowest BCUT2D eigenvalue weighted by Crippen LogP contribution is -2.29. The zero-order chi connectivity index (χ0) is 24.1. The number of aromatic nitrogens is 5. The Hall–Kier alpha value is -4.13. The van der Waals surface area contributed by atoms with Crippen LogP contribution in [-0.2, 0) is 0 Å². The average Bonchev–Trinajstić information content (AvgIpc) is 3.55. The Morgan fingerprint density at radius 3 is 2.72 bits per heavy atom. The van der Waals surface area contributed by atoms with Gasteiger partial charge in [0.25, 0.3) is 0 Å². The van der Waals surface area contributed by atoms with E-state index in [2.05, 4.69) is 73.4 Å². The van der Waals surface area contributed by atoms with Gasteiger partial charge in [-0.3, -0.25) is 15.1 Å². The van der Waals surface area contributed by atoms with Gasteiger partial charge in [0.2, 0.25) is 0 Å². The van der Waals surface area contributed by atoms with Crippen molar-refractivity contribution in [3.05, 3.63) is 67.3 Å². The maximum Gasteiger partial charge on any atom is 0.116 e. The fraction of sp³-hybridized carbons (Fsp3) is 0.276. The lowest BCUT2D eigenvalue weighted by Gasteiger charge is -2.29. The van der Waals surface area contributed by atoms with E-state index in [-0.39, 0.29) is 0 Å². The first-order valence-corrected chi connectivity index (χ1v) is 12.9. The summed E-state index contributed by atoms with van der Waals surface area (Å²) in [5.74, 6) is 0.586. The van der Waals surface area contributed by atoms with Crippen LogP contribution in [0.4, 0.5) is 11.4 Å². The van der Waals surface area contributed by atoms with Gasteiger partial charge in [-0.25, -0.2) is 0 Å². The maximum atomic E-state index is 4.69. The Morgan fingerprint density at radius 2 is 1.86 bits per heavy atom. The predicted molar refractivity (Wildman–Crippen MR) is 146 cm³/mol. The van der Waals surface area contributed by atoms with Gasteiger partial charge < -0.3 is 15.2 Å². The van der Waals surface area contributed by atoms with Crippen molar-refractivity contribution >= 4 is 33.2 Å². The summed E-state index contributed by atoms with van der Waals surface area (Å²) in [6.07, 6.45) is 11.8. The molecule has 0 atom stereocenters. The fourth-order valence-corrected chi connectivity index (χ4v) is 5.32. The van der Waals surface area contributed by atoms with E-state index in [1.165, 1.54) is 43.2 Å². The van der Waals surface area contributed by atoms with Crippen LogP contribution >= 0.6 is 0 Å². The molecule has 1 aliphatic heterocycles. The third-order valence-corrected chi connectivity index (χ3v) is 7.45. The minimum absolute atomic E-state index is 0.586. The van der Waals surface area contributed by atoms with Gasteiger partial charge in [0.1, 0.15) is 5.69 Å². The van der Waals surface area contributed by atoms with Crippen LogP contribution in [0, 0.1) is 5.92 Å². The third kappa shape index (κ3) is 3.81. The molecule has 7 nitrogen and oxygen atoms in total. The van der Waals surface area contributed by atoms with Gasteiger partial charge in [0, 0.05) is 52.5 Å². The van der Waals surface area contributed by atoms with Gasteiger partial charge in [0.15, 0.2) is 0 Å². The SMILES string of the molecule is C=C(Nc1cncc(-c2cc3c(-c4cc5c(N6CCCCC6)cccc5[nH]4)n[nH]c3cn2)c1)C1CC1. The molecule has 1 aromatic carbocycles. The number of aromatic amines is 2. The van der Waals surface area contributed by atoms with Crippen molar-refractivity contribution in [1.29, 1.82) is 0 Å². The Kier molecular flexibility index (Phi) is 5.01. The molecule has 180 valence electrons. The largest absolute Gasteiger partial charge is 0.371 e. The summed E-state index contributed by atoms with van der Waals surface area (Å²) < 4.78 is 0. The van der Waals surface area contributed by atoms with E-state index >= 15 is 0 Å². The van der Waals surface area contributed by atoms with Gasteiger partial charge in [-0.15, -0.1) is 0 Å². The van der Waals surface area contributed by atoms with Crippen molar-refractivity contribution in [2.45, 2.75) is 32.1 Å². The normalized spacial score (nSPS) is 16.1. The summed E-state index contributed by atoms with van der Waals surface area (Å²) >= 11 is 0. The Balaban J connectivity index is 1.25. The highest BCUT2D eigenvalue weighted by molar-refractivity contribution is 6.00. The van der Waals surface area contributed by atoms with Crippen LogP contribution in [0.1, 0.15) is 32.1 Å². The summed E-state index contributed by atoms with van der Waals surface area (Å²) in [5.41, 5.74) is 9.10. The first-order chi connectivity index (χ1) is 17.7. The minimum atomic E-state index is 0.586.